The predicted molar refractivity (Wildman–Crippen MR) is 63.4 cm³/mol. The number of hydrogen-bond donors (Lipinski definition) is 1. The molecule has 92 valence electrons. The lowest BCUT2D eigenvalue weighted by Gasteiger charge is -2.27. The lowest BCUT2D eigenvalue weighted by Crippen LogP contribution is -2.42. The number of morpholine rings is 1. The minimum absolute atomic E-state index is 0.0107. The summed E-state index contributed by atoms with van der Waals surface area (Å²) < 4.78 is 5.05. The van der Waals surface area contributed by atoms with Gasteiger partial charge in [-0.05, 0) is 12.0 Å². The zero-order valence-electron chi connectivity index (χ0n) is 9.71. The van der Waals surface area contributed by atoms with E-state index in [0.717, 1.165) is 5.56 Å². The van der Waals surface area contributed by atoms with E-state index in [-0.39, 0.29) is 12.5 Å². The van der Waals surface area contributed by atoms with Gasteiger partial charge in [0.2, 0.25) is 5.91 Å². The van der Waals surface area contributed by atoms with Gasteiger partial charge in [0.15, 0.2) is 0 Å². The number of amides is 1. The molecule has 4 nitrogen and oxygen atoms in total. The van der Waals surface area contributed by atoms with Crippen LogP contribution in [0.15, 0.2) is 30.3 Å². The highest BCUT2D eigenvalue weighted by Gasteiger charge is 2.19. The van der Waals surface area contributed by atoms with Crippen molar-refractivity contribution >= 4 is 5.91 Å². The van der Waals surface area contributed by atoms with Crippen LogP contribution >= 0.6 is 0 Å². The molecule has 1 unspecified atom stereocenters. The van der Waals surface area contributed by atoms with E-state index in [4.69, 9.17) is 4.74 Å². The van der Waals surface area contributed by atoms with Crippen LogP contribution < -0.4 is 0 Å². The zero-order chi connectivity index (χ0) is 12.1. The third kappa shape index (κ3) is 3.28. The fourth-order valence-electron chi connectivity index (χ4n) is 1.91. The molecular weight excluding hydrogens is 218 g/mol. The molecule has 0 radical (unpaired) electrons. The van der Waals surface area contributed by atoms with Gasteiger partial charge in [-0.25, -0.2) is 0 Å². The number of carbonyl (C=O) groups is 1. The van der Waals surface area contributed by atoms with Crippen LogP contribution in [0.1, 0.15) is 18.1 Å². The molecule has 2 rings (SSSR count). The molecule has 1 fully saturated rings. The Morgan fingerprint density at radius 3 is 2.82 bits per heavy atom. The van der Waals surface area contributed by atoms with Gasteiger partial charge in [0.05, 0.1) is 12.7 Å². The highest BCUT2D eigenvalue weighted by Crippen LogP contribution is 2.16. The largest absolute Gasteiger partial charge is 0.388 e. The number of hydrogen-bond acceptors (Lipinski definition) is 3. The number of benzene rings is 1. The van der Waals surface area contributed by atoms with Crippen molar-refractivity contribution in [2.45, 2.75) is 12.5 Å². The Morgan fingerprint density at radius 2 is 2.12 bits per heavy atom. The molecular formula is C13H17NO3. The van der Waals surface area contributed by atoms with Crippen LogP contribution in [0.4, 0.5) is 0 Å². The standard InChI is InChI=1S/C13H17NO3/c15-12(11-4-2-1-3-5-11)6-7-14-8-9-17-10-13(14)16/h1-5,12,15H,6-10H2. The molecule has 1 heterocycles. The fraction of sp³-hybridized carbons (Fsp3) is 0.462. The summed E-state index contributed by atoms with van der Waals surface area (Å²) in [6.07, 6.45) is 0.0577. The van der Waals surface area contributed by atoms with Crippen LogP contribution in [0.2, 0.25) is 0 Å². The molecule has 0 saturated carbocycles. The monoisotopic (exact) mass is 235 g/mol. The van der Waals surface area contributed by atoms with Crippen LogP contribution in [0.5, 0.6) is 0 Å². The van der Waals surface area contributed by atoms with E-state index in [0.29, 0.717) is 26.1 Å². The molecule has 1 aliphatic rings. The maximum Gasteiger partial charge on any atom is 0.248 e. The summed E-state index contributed by atoms with van der Waals surface area (Å²) >= 11 is 0. The van der Waals surface area contributed by atoms with E-state index < -0.39 is 6.10 Å². The van der Waals surface area contributed by atoms with Crippen LogP contribution in [0.25, 0.3) is 0 Å². The van der Waals surface area contributed by atoms with Crippen LogP contribution in [0.3, 0.4) is 0 Å². The molecule has 1 saturated heterocycles. The quantitative estimate of drug-likeness (QED) is 0.846. The summed E-state index contributed by atoms with van der Waals surface area (Å²) in [6.45, 7) is 1.97. The molecule has 0 bridgehead atoms. The first kappa shape index (κ1) is 12.1. The summed E-state index contributed by atoms with van der Waals surface area (Å²) in [6, 6.07) is 9.51. The second-order valence-electron chi connectivity index (χ2n) is 4.15. The average Bonchev–Trinajstić information content (AvgIpc) is 2.38. The van der Waals surface area contributed by atoms with E-state index in [1.54, 1.807) is 4.90 Å². The number of ether oxygens (including phenoxy) is 1. The maximum absolute atomic E-state index is 11.5. The van der Waals surface area contributed by atoms with Gasteiger partial charge in [-0.2, -0.15) is 0 Å². The number of aliphatic hydroxyl groups excluding tert-OH is 1. The Hall–Kier alpha value is -1.39. The van der Waals surface area contributed by atoms with Gasteiger partial charge in [-0.15, -0.1) is 0 Å². The number of carbonyl (C=O) groups excluding carboxylic acids is 1. The lowest BCUT2D eigenvalue weighted by molar-refractivity contribution is -0.142. The van der Waals surface area contributed by atoms with Crippen LogP contribution in [0, 0.1) is 0 Å². The normalized spacial score (nSPS) is 18.2. The van der Waals surface area contributed by atoms with Gasteiger partial charge in [0.1, 0.15) is 6.61 Å². The van der Waals surface area contributed by atoms with E-state index in [1.807, 2.05) is 30.3 Å². The second-order valence-corrected chi connectivity index (χ2v) is 4.15. The minimum Gasteiger partial charge on any atom is -0.388 e. The molecule has 0 spiro atoms. The number of rotatable bonds is 4. The SMILES string of the molecule is O=C1COCCN1CCC(O)c1ccccc1. The van der Waals surface area contributed by atoms with E-state index >= 15 is 0 Å². The van der Waals surface area contributed by atoms with Crippen molar-refractivity contribution in [1.29, 1.82) is 0 Å². The van der Waals surface area contributed by atoms with E-state index in [1.165, 1.54) is 0 Å². The van der Waals surface area contributed by atoms with Crippen molar-refractivity contribution in [2.75, 3.05) is 26.3 Å². The summed E-state index contributed by atoms with van der Waals surface area (Å²) in [5.74, 6) is 0.0107. The zero-order valence-corrected chi connectivity index (χ0v) is 9.71. The molecule has 1 amide bonds. The van der Waals surface area contributed by atoms with Gasteiger partial charge in [-0.3, -0.25) is 4.79 Å². The van der Waals surface area contributed by atoms with Crippen molar-refractivity contribution < 1.29 is 14.6 Å². The van der Waals surface area contributed by atoms with Crippen molar-refractivity contribution in [3.8, 4) is 0 Å². The highest BCUT2D eigenvalue weighted by atomic mass is 16.5. The van der Waals surface area contributed by atoms with Gasteiger partial charge < -0.3 is 14.7 Å². The molecule has 1 aromatic rings. The predicted octanol–water partition coefficient (Wildman–Crippen LogP) is 0.969. The van der Waals surface area contributed by atoms with Crippen molar-refractivity contribution in [1.82, 2.24) is 4.90 Å². The fourth-order valence-corrected chi connectivity index (χ4v) is 1.91. The molecule has 1 aromatic carbocycles. The average molecular weight is 235 g/mol. The summed E-state index contributed by atoms with van der Waals surface area (Å²) in [5.41, 5.74) is 0.896. The Bertz CT molecular complexity index is 366. The first-order valence-corrected chi connectivity index (χ1v) is 5.86. The van der Waals surface area contributed by atoms with Crippen molar-refractivity contribution in [3.05, 3.63) is 35.9 Å². The molecule has 4 heteroatoms. The minimum atomic E-state index is -0.508. The third-order valence-electron chi connectivity index (χ3n) is 2.94. The van der Waals surface area contributed by atoms with Gasteiger partial charge in [0, 0.05) is 13.1 Å². The molecule has 0 aromatic heterocycles. The summed E-state index contributed by atoms with van der Waals surface area (Å²) in [4.78, 5) is 13.2. The molecule has 0 aliphatic carbocycles. The topological polar surface area (TPSA) is 49.8 Å². The second kappa shape index (κ2) is 5.80. The number of nitrogens with zero attached hydrogens (tertiary/aromatic N) is 1. The van der Waals surface area contributed by atoms with Crippen molar-refractivity contribution in [2.24, 2.45) is 0 Å². The van der Waals surface area contributed by atoms with Gasteiger partial charge in [0.25, 0.3) is 0 Å². The Labute approximate surface area is 101 Å². The maximum atomic E-state index is 11.5. The lowest BCUT2D eigenvalue weighted by atomic mass is 10.1. The molecule has 1 aliphatic heterocycles. The summed E-state index contributed by atoms with van der Waals surface area (Å²) in [5, 5.41) is 9.97. The molecule has 1 atom stereocenters. The smallest absolute Gasteiger partial charge is 0.248 e. The van der Waals surface area contributed by atoms with Crippen LogP contribution in [-0.2, 0) is 9.53 Å². The Balaban J connectivity index is 1.83. The van der Waals surface area contributed by atoms with E-state index in [2.05, 4.69) is 0 Å². The van der Waals surface area contributed by atoms with Gasteiger partial charge >= 0.3 is 0 Å². The van der Waals surface area contributed by atoms with Gasteiger partial charge in [-0.1, -0.05) is 30.3 Å². The Kier molecular flexibility index (Phi) is 4.12. The number of aliphatic hydroxyl groups is 1. The third-order valence-corrected chi connectivity index (χ3v) is 2.94. The first-order valence-electron chi connectivity index (χ1n) is 5.86. The molecule has 1 N–H and O–H groups in total. The highest BCUT2D eigenvalue weighted by molar-refractivity contribution is 5.77. The van der Waals surface area contributed by atoms with Crippen LogP contribution in [-0.4, -0.2) is 42.2 Å². The van der Waals surface area contributed by atoms with Crippen molar-refractivity contribution in [3.63, 3.8) is 0 Å². The summed E-state index contributed by atoms with van der Waals surface area (Å²) in [7, 11) is 0. The first-order chi connectivity index (χ1) is 8.27. The molecule has 17 heavy (non-hydrogen) atoms. The Morgan fingerprint density at radius 1 is 1.35 bits per heavy atom. The van der Waals surface area contributed by atoms with E-state index in [9.17, 15) is 9.90 Å².